The average molecular weight is 251 g/mol. The van der Waals surface area contributed by atoms with Crippen LogP contribution in [-0.4, -0.2) is 16.6 Å². The highest BCUT2D eigenvalue weighted by molar-refractivity contribution is 6.30. The number of hydrogen-bond donors (Lipinski definition) is 1. The molecule has 0 spiro atoms. The number of Topliss-reactive ketones (excluding diaryl/α,β-unsaturated/α-hetero) is 1. The van der Waals surface area contributed by atoms with Crippen LogP contribution in [0.15, 0.2) is 18.2 Å². The molecular weight excluding hydrogens is 243 g/mol. The number of carbonyl (C=O) groups excluding carboxylic acids is 1. The first kappa shape index (κ1) is 13.7. The maximum absolute atomic E-state index is 11.1. The lowest BCUT2D eigenvalue weighted by atomic mass is 10.1. The zero-order valence-corrected chi connectivity index (χ0v) is 9.05. The maximum atomic E-state index is 11.1. The van der Waals surface area contributed by atoms with Crippen LogP contribution in [0, 0.1) is 10.1 Å². The number of ketones is 1. The Morgan fingerprint density at radius 2 is 2.13 bits per heavy atom. The Hall–Kier alpha value is -1.33. The quantitative estimate of drug-likeness (QED) is 0.292. The molecule has 15 heavy (non-hydrogen) atoms. The number of nitro benzene ring substituents is 1. The lowest BCUT2D eigenvalue weighted by molar-refractivity contribution is -0.383. The van der Waals surface area contributed by atoms with Crippen molar-refractivity contribution in [2.75, 3.05) is 11.6 Å². The minimum Gasteiger partial charge on any atom is -0.393 e. The molecule has 0 aliphatic heterocycles. The number of nitro groups is 1. The van der Waals surface area contributed by atoms with E-state index in [2.05, 4.69) is 0 Å². The minimum absolute atomic E-state index is 0. The van der Waals surface area contributed by atoms with Crippen LogP contribution in [0.2, 0.25) is 0 Å². The first-order valence-corrected chi connectivity index (χ1v) is 4.22. The summed E-state index contributed by atoms with van der Waals surface area (Å²) in [6.45, 7) is 0. The van der Waals surface area contributed by atoms with Crippen LogP contribution >= 0.6 is 24.0 Å². The van der Waals surface area contributed by atoms with E-state index in [1.807, 2.05) is 0 Å². The SMILES string of the molecule is Cl.Nc1ccc(C(=O)CCl)cc1[N+](=O)[O-]. The number of alkyl halides is 1. The van der Waals surface area contributed by atoms with Crippen molar-refractivity contribution in [1.82, 2.24) is 0 Å². The number of nitrogens with two attached hydrogens (primary N) is 1. The molecule has 5 nitrogen and oxygen atoms in total. The normalized spacial score (nSPS) is 9.13. The molecule has 0 aliphatic carbocycles. The van der Waals surface area contributed by atoms with Crippen molar-refractivity contribution < 1.29 is 9.72 Å². The highest BCUT2D eigenvalue weighted by Gasteiger charge is 2.14. The molecule has 0 radical (unpaired) electrons. The van der Waals surface area contributed by atoms with Gasteiger partial charge in [-0.3, -0.25) is 14.9 Å². The smallest absolute Gasteiger partial charge is 0.292 e. The molecule has 7 heteroatoms. The number of nitrogens with zero attached hydrogens (tertiary/aromatic N) is 1. The maximum Gasteiger partial charge on any atom is 0.292 e. The Bertz CT molecular complexity index is 395. The van der Waals surface area contributed by atoms with Crippen molar-refractivity contribution >= 4 is 41.2 Å². The fourth-order valence-corrected chi connectivity index (χ4v) is 1.11. The zero-order valence-electron chi connectivity index (χ0n) is 7.47. The number of nitrogen functional groups attached to an aromatic ring is 1. The largest absolute Gasteiger partial charge is 0.393 e. The average Bonchev–Trinajstić information content (AvgIpc) is 2.17. The van der Waals surface area contributed by atoms with Crippen molar-refractivity contribution in [2.24, 2.45) is 0 Å². The topological polar surface area (TPSA) is 86.2 Å². The molecule has 0 aliphatic rings. The van der Waals surface area contributed by atoms with E-state index in [-0.39, 0.29) is 41.0 Å². The molecule has 2 N–H and O–H groups in total. The van der Waals surface area contributed by atoms with Crippen LogP contribution in [0.1, 0.15) is 10.4 Å². The van der Waals surface area contributed by atoms with E-state index in [9.17, 15) is 14.9 Å². The summed E-state index contributed by atoms with van der Waals surface area (Å²) in [7, 11) is 0. The van der Waals surface area contributed by atoms with Gasteiger partial charge < -0.3 is 5.73 Å². The third-order valence-corrected chi connectivity index (χ3v) is 1.91. The van der Waals surface area contributed by atoms with E-state index in [0.717, 1.165) is 6.07 Å². The Morgan fingerprint density at radius 1 is 1.53 bits per heavy atom. The molecule has 0 amide bonds. The van der Waals surface area contributed by atoms with Gasteiger partial charge in [-0.25, -0.2) is 0 Å². The molecule has 1 aromatic carbocycles. The molecule has 0 unspecified atom stereocenters. The van der Waals surface area contributed by atoms with E-state index >= 15 is 0 Å². The summed E-state index contributed by atoms with van der Waals surface area (Å²) in [6, 6.07) is 3.85. The van der Waals surface area contributed by atoms with Gasteiger partial charge in [0, 0.05) is 11.6 Å². The summed E-state index contributed by atoms with van der Waals surface area (Å²) in [5.41, 5.74) is 5.29. The van der Waals surface area contributed by atoms with Gasteiger partial charge in [-0.15, -0.1) is 24.0 Å². The van der Waals surface area contributed by atoms with Gasteiger partial charge in [-0.1, -0.05) is 0 Å². The summed E-state index contributed by atoms with van der Waals surface area (Å²) >= 11 is 5.31. The molecule has 0 saturated carbocycles. The number of carbonyl (C=O) groups is 1. The molecule has 0 fully saturated rings. The Balaban J connectivity index is 0.00000196. The first-order chi connectivity index (χ1) is 6.56. The lowest BCUT2D eigenvalue weighted by Gasteiger charge is -1.99. The monoisotopic (exact) mass is 250 g/mol. The summed E-state index contributed by atoms with van der Waals surface area (Å²) in [5.74, 6) is -0.573. The first-order valence-electron chi connectivity index (χ1n) is 3.69. The van der Waals surface area contributed by atoms with Crippen molar-refractivity contribution in [3.05, 3.63) is 33.9 Å². The standard InChI is InChI=1S/C8H7ClN2O3.ClH/c9-4-8(12)5-1-2-6(10)7(3-5)11(13)14;/h1-3H,4,10H2;1H. The second-order valence-electron chi connectivity index (χ2n) is 2.59. The molecular formula is C8H8Cl2N2O3. The van der Waals surface area contributed by atoms with Crippen molar-refractivity contribution in [3.63, 3.8) is 0 Å². The summed E-state index contributed by atoms with van der Waals surface area (Å²) < 4.78 is 0. The number of rotatable bonds is 3. The third-order valence-electron chi connectivity index (χ3n) is 1.67. The van der Waals surface area contributed by atoms with E-state index < -0.39 is 4.92 Å². The molecule has 0 bridgehead atoms. The second-order valence-corrected chi connectivity index (χ2v) is 2.85. The van der Waals surface area contributed by atoms with Crippen molar-refractivity contribution in [1.29, 1.82) is 0 Å². The molecule has 1 rings (SSSR count). The van der Waals surface area contributed by atoms with Gasteiger partial charge in [0.1, 0.15) is 5.69 Å². The van der Waals surface area contributed by atoms with E-state index in [4.69, 9.17) is 17.3 Å². The third kappa shape index (κ3) is 3.07. The van der Waals surface area contributed by atoms with E-state index in [1.165, 1.54) is 12.1 Å². The van der Waals surface area contributed by atoms with Crippen molar-refractivity contribution in [3.8, 4) is 0 Å². The number of anilines is 1. The van der Waals surface area contributed by atoms with Gasteiger partial charge >= 0.3 is 0 Å². The Labute approximate surface area is 96.8 Å². The molecule has 0 atom stereocenters. The second kappa shape index (κ2) is 5.53. The van der Waals surface area contributed by atoms with Crippen LogP contribution in [0.5, 0.6) is 0 Å². The van der Waals surface area contributed by atoms with Crippen LogP contribution in [0.3, 0.4) is 0 Å². The fourth-order valence-electron chi connectivity index (χ4n) is 0.952. The van der Waals surface area contributed by atoms with Crippen LogP contribution in [0.4, 0.5) is 11.4 Å². The van der Waals surface area contributed by atoms with Gasteiger partial charge in [0.15, 0.2) is 5.78 Å². The highest BCUT2D eigenvalue weighted by Crippen LogP contribution is 2.22. The summed E-state index contributed by atoms with van der Waals surface area (Å²) in [6.07, 6.45) is 0. The van der Waals surface area contributed by atoms with E-state index in [1.54, 1.807) is 0 Å². The van der Waals surface area contributed by atoms with Crippen molar-refractivity contribution in [2.45, 2.75) is 0 Å². The Kier molecular flexibility index (Phi) is 5.04. The van der Waals surface area contributed by atoms with Crippen LogP contribution in [0.25, 0.3) is 0 Å². The summed E-state index contributed by atoms with van der Waals surface area (Å²) in [5, 5.41) is 10.5. The lowest BCUT2D eigenvalue weighted by Crippen LogP contribution is -2.03. The highest BCUT2D eigenvalue weighted by atomic mass is 35.5. The van der Waals surface area contributed by atoms with Gasteiger partial charge in [0.2, 0.25) is 0 Å². The number of hydrogen-bond acceptors (Lipinski definition) is 4. The zero-order chi connectivity index (χ0) is 10.7. The molecule has 82 valence electrons. The van der Waals surface area contributed by atoms with Gasteiger partial charge in [-0.2, -0.15) is 0 Å². The Morgan fingerprint density at radius 3 is 2.60 bits per heavy atom. The number of benzene rings is 1. The minimum atomic E-state index is -0.639. The van der Waals surface area contributed by atoms with Crippen LogP contribution in [-0.2, 0) is 0 Å². The van der Waals surface area contributed by atoms with Gasteiger partial charge in [0.25, 0.3) is 5.69 Å². The van der Waals surface area contributed by atoms with Gasteiger partial charge in [-0.05, 0) is 12.1 Å². The predicted octanol–water partition coefficient (Wildman–Crippen LogP) is 2.02. The molecule has 0 saturated heterocycles. The number of halogens is 2. The molecule has 0 heterocycles. The van der Waals surface area contributed by atoms with E-state index in [0.29, 0.717) is 0 Å². The summed E-state index contributed by atoms with van der Waals surface area (Å²) in [4.78, 5) is 20.9. The molecule has 0 aromatic heterocycles. The predicted molar refractivity (Wildman–Crippen MR) is 59.8 cm³/mol. The fraction of sp³-hybridized carbons (Fsp3) is 0.125. The van der Waals surface area contributed by atoms with Crippen LogP contribution < -0.4 is 5.73 Å². The van der Waals surface area contributed by atoms with Gasteiger partial charge in [0.05, 0.1) is 10.8 Å². The molecule has 1 aromatic rings.